The lowest BCUT2D eigenvalue weighted by Crippen LogP contribution is -2.48. The summed E-state index contributed by atoms with van der Waals surface area (Å²) in [6.45, 7) is 9.83. The van der Waals surface area contributed by atoms with Crippen LogP contribution in [0.25, 0.3) is 32.9 Å². The number of hydrogen-bond acceptors (Lipinski definition) is 9. The molecule has 6 rings (SSSR count). The van der Waals surface area contributed by atoms with Gasteiger partial charge in [0, 0.05) is 73.0 Å². The van der Waals surface area contributed by atoms with E-state index in [4.69, 9.17) is 4.98 Å². The first kappa shape index (κ1) is 27.8. The van der Waals surface area contributed by atoms with Gasteiger partial charge in [0.05, 0.1) is 41.8 Å². The summed E-state index contributed by atoms with van der Waals surface area (Å²) in [5.74, 6) is 0.638. The van der Waals surface area contributed by atoms with Crippen LogP contribution in [0, 0.1) is 6.92 Å². The van der Waals surface area contributed by atoms with Crippen LogP contribution in [-0.2, 0) is 6.54 Å². The molecule has 0 aliphatic carbocycles. The highest BCUT2D eigenvalue weighted by atomic mass is 16.3. The Balaban J connectivity index is 1.31. The molecule has 5 heterocycles. The van der Waals surface area contributed by atoms with Crippen LogP contribution in [0.3, 0.4) is 0 Å². The number of aryl methyl sites for hydroxylation is 1. The van der Waals surface area contributed by atoms with Crippen LogP contribution in [0.5, 0.6) is 0 Å². The van der Waals surface area contributed by atoms with E-state index in [1.54, 1.807) is 26.2 Å². The number of fused-ring (bicyclic) bond motifs is 2. The van der Waals surface area contributed by atoms with Crippen molar-refractivity contribution in [2.24, 2.45) is 0 Å². The summed E-state index contributed by atoms with van der Waals surface area (Å²) in [7, 11) is 0. The third-order valence-electron chi connectivity index (χ3n) is 7.82. The van der Waals surface area contributed by atoms with E-state index >= 15 is 0 Å². The van der Waals surface area contributed by atoms with Crippen molar-refractivity contribution in [2.45, 2.75) is 32.9 Å². The smallest absolute Gasteiger partial charge is 0.271 e. The van der Waals surface area contributed by atoms with Gasteiger partial charge in [0.2, 0.25) is 0 Å². The second kappa shape index (κ2) is 11.2. The van der Waals surface area contributed by atoms with Crippen molar-refractivity contribution in [3.8, 4) is 11.3 Å². The third kappa shape index (κ3) is 5.58. The maximum atomic E-state index is 12.7. The molecule has 0 unspecified atom stereocenters. The van der Waals surface area contributed by atoms with Gasteiger partial charge in [-0.1, -0.05) is 6.07 Å². The Bertz CT molecular complexity index is 1800. The molecule has 11 nitrogen and oxygen atoms in total. The van der Waals surface area contributed by atoms with Gasteiger partial charge >= 0.3 is 0 Å². The molecule has 218 valence electrons. The summed E-state index contributed by atoms with van der Waals surface area (Å²) in [5, 5.41) is 30.4. The number of aromatic nitrogens is 5. The van der Waals surface area contributed by atoms with Gasteiger partial charge in [-0.3, -0.25) is 19.4 Å². The van der Waals surface area contributed by atoms with E-state index in [2.05, 4.69) is 43.2 Å². The molecular formula is C31H36N8O3. The Kier molecular flexibility index (Phi) is 7.40. The summed E-state index contributed by atoms with van der Waals surface area (Å²) >= 11 is 0. The molecule has 1 aliphatic rings. The molecule has 0 spiro atoms. The first-order chi connectivity index (χ1) is 20.2. The molecule has 0 amide bonds. The minimum absolute atomic E-state index is 0.133. The van der Waals surface area contributed by atoms with Gasteiger partial charge in [0.1, 0.15) is 11.5 Å². The van der Waals surface area contributed by atoms with E-state index in [9.17, 15) is 15.0 Å². The quantitative estimate of drug-likeness (QED) is 0.222. The third-order valence-corrected chi connectivity index (χ3v) is 7.82. The van der Waals surface area contributed by atoms with Gasteiger partial charge in [0.15, 0.2) is 0 Å². The minimum atomic E-state index is -0.874. The standard InChI is InChI=1S/C31H36N8O3/c1-20-23(4-5-26-25(20)18-35-39(26)19-31(2,3)42)29-24-15-28(33-16-21(24)6-7-32-29)36-22-14-27(30(41)34-17-22)38-10-8-37(9-11-38)12-13-40/h4-7,14-18,40,42H,8-13,19H2,1-3H3,(H,33,36)(H,34,41). The van der Waals surface area contributed by atoms with Gasteiger partial charge in [-0.15, -0.1) is 0 Å². The molecule has 11 heteroatoms. The Morgan fingerprint density at radius 3 is 2.62 bits per heavy atom. The zero-order chi connectivity index (χ0) is 29.4. The number of aromatic amines is 1. The van der Waals surface area contributed by atoms with Crippen LogP contribution in [0.1, 0.15) is 19.4 Å². The summed E-state index contributed by atoms with van der Waals surface area (Å²) in [4.78, 5) is 29.2. The zero-order valence-electron chi connectivity index (χ0n) is 24.1. The topological polar surface area (TPSA) is 135 Å². The summed E-state index contributed by atoms with van der Waals surface area (Å²) < 4.78 is 1.84. The predicted molar refractivity (Wildman–Crippen MR) is 165 cm³/mol. The number of nitrogens with zero attached hydrogens (tertiary/aromatic N) is 6. The lowest BCUT2D eigenvalue weighted by Gasteiger charge is -2.35. The predicted octanol–water partition coefficient (Wildman–Crippen LogP) is 3.27. The average Bonchev–Trinajstić information content (AvgIpc) is 3.37. The van der Waals surface area contributed by atoms with Gasteiger partial charge in [-0.2, -0.15) is 5.10 Å². The Morgan fingerprint density at radius 1 is 1.05 bits per heavy atom. The van der Waals surface area contributed by atoms with Crippen molar-refractivity contribution in [1.29, 1.82) is 0 Å². The Labute approximate surface area is 243 Å². The summed E-state index contributed by atoms with van der Waals surface area (Å²) in [6, 6.07) is 9.88. The Morgan fingerprint density at radius 2 is 1.86 bits per heavy atom. The van der Waals surface area contributed by atoms with Gasteiger partial charge in [0.25, 0.3) is 5.56 Å². The van der Waals surface area contributed by atoms with Crippen LogP contribution in [0.2, 0.25) is 0 Å². The number of aliphatic hydroxyl groups is 2. The number of aliphatic hydroxyl groups excluding tert-OH is 1. The van der Waals surface area contributed by atoms with Crippen LogP contribution in [0.4, 0.5) is 17.2 Å². The molecule has 0 atom stereocenters. The molecular weight excluding hydrogens is 532 g/mol. The molecule has 1 saturated heterocycles. The van der Waals surface area contributed by atoms with Crippen LogP contribution in [0.15, 0.2) is 59.9 Å². The summed E-state index contributed by atoms with van der Waals surface area (Å²) in [5.41, 5.74) is 4.20. The lowest BCUT2D eigenvalue weighted by molar-refractivity contribution is 0.0591. The second-order valence-electron chi connectivity index (χ2n) is 11.5. The molecule has 0 radical (unpaired) electrons. The second-order valence-corrected chi connectivity index (χ2v) is 11.5. The van der Waals surface area contributed by atoms with Gasteiger partial charge in [-0.25, -0.2) is 4.98 Å². The van der Waals surface area contributed by atoms with Crippen molar-refractivity contribution in [2.75, 3.05) is 49.5 Å². The van der Waals surface area contributed by atoms with E-state index in [1.165, 1.54) is 0 Å². The number of anilines is 3. The Hall–Kier alpha value is -4.32. The highest BCUT2D eigenvalue weighted by Gasteiger charge is 2.20. The van der Waals surface area contributed by atoms with Crippen LogP contribution in [-0.4, -0.2) is 84.8 Å². The number of pyridine rings is 3. The van der Waals surface area contributed by atoms with E-state index < -0.39 is 5.60 Å². The van der Waals surface area contributed by atoms with Crippen molar-refractivity contribution in [3.05, 3.63) is 71.0 Å². The van der Waals surface area contributed by atoms with E-state index in [0.29, 0.717) is 24.6 Å². The number of rotatable bonds is 8. The van der Waals surface area contributed by atoms with Crippen molar-refractivity contribution in [3.63, 3.8) is 0 Å². The number of hydrogen-bond donors (Lipinski definition) is 4. The maximum Gasteiger partial charge on any atom is 0.271 e. The first-order valence-corrected chi connectivity index (χ1v) is 14.2. The largest absolute Gasteiger partial charge is 0.395 e. The molecule has 4 aromatic heterocycles. The first-order valence-electron chi connectivity index (χ1n) is 14.2. The fraction of sp³-hybridized carbons (Fsp3) is 0.355. The zero-order valence-corrected chi connectivity index (χ0v) is 24.1. The normalized spacial score (nSPS) is 14.6. The van der Waals surface area contributed by atoms with Crippen molar-refractivity contribution >= 4 is 38.9 Å². The van der Waals surface area contributed by atoms with Gasteiger partial charge < -0.3 is 25.4 Å². The minimum Gasteiger partial charge on any atom is -0.395 e. The van der Waals surface area contributed by atoms with E-state index in [0.717, 1.165) is 70.4 Å². The number of β-amino-alcohol motifs (C(OH)–C–C–N with tert-alkyl or cyclic N) is 1. The number of H-pyrrole nitrogens is 1. The van der Waals surface area contributed by atoms with E-state index in [1.807, 2.05) is 41.3 Å². The fourth-order valence-corrected chi connectivity index (χ4v) is 5.67. The van der Waals surface area contributed by atoms with E-state index in [-0.39, 0.29) is 12.2 Å². The molecule has 0 bridgehead atoms. The highest BCUT2D eigenvalue weighted by molar-refractivity contribution is 5.99. The molecule has 1 aliphatic heterocycles. The average molecular weight is 569 g/mol. The highest BCUT2D eigenvalue weighted by Crippen LogP contribution is 2.34. The summed E-state index contributed by atoms with van der Waals surface area (Å²) in [6.07, 6.45) is 7.13. The number of nitrogens with one attached hydrogen (secondary N) is 2. The number of benzene rings is 1. The maximum absolute atomic E-state index is 12.7. The molecule has 42 heavy (non-hydrogen) atoms. The van der Waals surface area contributed by atoms with Crippen molar-refractivity contribution < 1.29 is 10.2 Å². The number of piperazine rings is 1. The van der Waals surface area contributed by atoms with Gasteiger partial charge in [-0.05, 0) is 50.6 Å². The molecule has 1 fully saturated rings. The molecule has 1 aromatic carbocycles. The monoisotopic (exact) mass is 568 g/mol. The van der Waals surface area contributed by atoms with Crippen LogP contribution < -0.4 is 15.8 Å². The molecule has 0 saturated carbocycles. The molecule has 5 aromatic rings. The molecule has 4 N–H and O–H groups in total. The fourth-order valence-electron chi connectivity index (χ4n) is 5.67. The lowest BCUT2D eigenvalue weighted by atomic mass is 9.98. The van der Waals surface area contributed by atoms with Crippen molar-refractivity contribution in [1.82, 2.24) is 29.6 Å². The SMILES string of the molecule is Cc1c(-c2nccc3cnc(Nc4c[nH]c(=O)c(N5CCN(CCO)CC5)c4)cc23)ccc2c1cnn2CC(C)(C)O. The van der Waals surface area contributed by atoms with Crippen LogP contribution >= 0.6 is 0 Å².